The van der Waals surface area contributed by atoms with E-state index in [-0.39, 0.29) is 0 Å². The van der Waals surface area contributed by atoms with E-state index in [1.807, 2.05) is 0 Å². The van der Waals surface area contributed by atoms with Crippen molar-refractivity contribution in [3.63, 3.8) is 0 Å². The van der Waals surface area contributed by atoms with E-state index >= 15 is 0 Å². The molecule has 0 amide bonds. The van der Waals surface area contributed by atoms with Crippen LogP contribution in [0.3, 0.4) is 0 Å². The predicted octanol–water partition coefficient (Wildman–Crippen LogP) is 3.21. The first-order chi connectivity index (χ1) is 9.17. The summed E-state index contributed by atoms with van der Waals surface area (Å²) in [6.45, 7) is 5.33. The molecule has 4 atom stereocenters. The predicted molar refractivity (Wildman–Crippen MR) is 77.9 cm³/mol. The Labute approximate surface area is 116 Å². The maximum absolute atomic E-state index is 4.51. The molecule has 106 valence electrons. The zero-order valence-electron chi connectivity index (χ0n) is 12.5. The number of aryl methyl sites for hydroxylation is 2. The number of hydrogen-bond donors (Lipinski definition) is 1. The van der Waals surface area contributed by atoms with Gasteiger partial charge in [-0.05, 0) is 63.0 Å². The summed E-state index contributed by atoms with van der Waals surface area (Å²) in [5.74, 6) is 3.00. The van der Waals surface area contributed by atoms with Crippen LogP contribution in [-0.4, -0.2) is 16.3 Å². The third-order valence-electron chi connectivity index (χ3n) is 5.27. The summed E-state index contributed by atoms with van der Waals surface area (Å²) in [5.41, 5.74) is 2.50. The lowest BCUT2D eigenvalue weighted by atomic mass is 9.83. The molecule has 2 aliphatic rings. The molecule has 4 unspecified atom stereocenters. The SMILES string of the molecule is CCNC(CC1CC2CCC1C2)c1cc(C)nn1C. The van der Waals surface area contributed by atoms with Gasteiger partial charge in [-0.1, -0.05) is 13.3 Å². The van der Waals surface area contributed by atoms with Crippen LogP contribution in [-0.2, 0) is 7.05 Å². The van der Waals surface area contributed by atoms with Gasteiger partial charge in [-0.25, -0.2) is 0 Å². The van der Waals surface area contributed by atoms with Crippen LogP contribution in [0.5, 0.6) is 0 Å². The van der Waals surface area contributed by atoms with Gasteiger partial charge in [0.05, 0.1) is 11.4 Å². The van der Waals surface area contributed by atoms with Crippen LogP contribution in [0.25, 0.3) is 0 Å². The Morgan fingerprint density at radius 1 is 1.42 bits per heavy atom. The molecule has 1 aromatic rings. The topological polar surface area (TPSA) is 29.9 Å². The molecule has 1 aromatic heterocycles. The fraction of sp³-hybridized carbons (Fsp3) is 0.812. The number of hydrogen-bond acceptors (Lipinski definition) is 2. The monoisotopic (exact) mass is 261 g/mol. The van der Waals surface area contributed by atoms with Crippen molar-refractivity contribution < 1.29 is 0 Å². The van der Waals surface area contributed by atoms with Gasteiger partial charge >= 0.3 is 0 Å². The summed E-state index contributed by atoms with van der Waals surface area (Å²) in [6, 6.07) is 2.74. The molecule has 0 spiro atoms. The normalized spacial score (nSPS) is 31.0. The third-order valence-corrected chi connectivity index (χ3v) is 5.27. The lowest BCUT2D eigenvalue weighted by Crippen LogP contribution is -2.27. The molecule has 1 heterocycles. The van der Waals surface area contributed by atoms with Gasteiger partial charge in [0.1, 0.15) is 0 Å². The van der Waals surface area contributed by atoms with E-state index < -0.39 is 0 Å². The highest BCUT2D eigenvalue weighted by Crippen LogP contribution is 2.50. The van der Waals surface area contributed by atoms with Crippen LogP contribution in [0.4, 0.5) is 0 Å². The quantitative estimate of drug-likeness (QED) is 0.882. The largest absolute Gasteiger partial charge is 0.309 e. The Kier molecular flexibility index (Phi) is 3.66. The summed E-state index contributed by atoms with van der Waals surface area (Å²) in [5, 5.41) is 8.19. The molecule has 0 radical (unpaired) electrons. The fourth-order valence-corrected chi connectivity index (χ4v) is 4.48. The zero-order chi connectivity index (χ0) is 13.4. The lowest BCUT2D eigenvalue weighted by molar-refractivity contribution is 0.276. The number of nitrogens with one attached hydrogen (secondary N) is 1. The minimum absolute atomic E-state index is 0.487. The van der Waals surface area contributed by atoms with Gasteiger partial charge in [0.25, 0.3) is 0 Å². The number of fused-ring (bicyclic) bond motifs is 2. The second-order valence-corrected chi connectivity index (χ2v) is 6.62. The summed E-state index contributed by atoms with van der Waals surface area (Å²) >= 11 is 0. The molecule has 1 N–H and O–H groups in total. The maximum Gasteiger partial charge on any atom is 0.0597 e. The van der Waals surface area contributed by atoms with E-state index in [4.69, 9.17) is 0 Å². The smallest absolute Gasteiger partial charge is 0.0597 e. The van der Waals surface area contributed by atoms with Crippen LogP contribution >= 0.6 is 0 Å². The Morgan fingerprint density at radius 2 is 2.26 bits per heavy atom. The van der Waals surface area contributed by atoms with E-state index in [2.05, 4.69) is 42.1 Å². The standard InChI is InChI=1S/C16H27N3/c1-4-17-15(16-7-11(2)18-19(16)3)10-14-9-12-5-6-13(14)8-12/h7,12-15,17H,4-6,8-10H2,1-3H3. The summed E-state index contributed by atoms with van der Waals surface area (Å²) in [7, 11) is 2.08. The van der Waals surface area contributed by atoms with Crippen LogP contribution in [0, 0.1) is 24.7 Å². The molecule has 2 saturated carbocycles. The van der Waals surface area contributed by atoms with Crippen molar-refractivity contribution in [2.45, 2.75) is 52.0 Å². The first kappa shape index (κ1) is 13.2. The van der Waals surface area contributed by atoms with Gasteiger partial charge in [0.15, 0.2) is 0 Å². The maximum atomic E-state index is 4.51. The van der Waals surface area contributed by atoms with Crippen LogP contribution in [0.2, 0.25) is 0 Å². The molecule has 3 nitrogen and oxygen atoms in total. The molecule has 0 aromatic carbocycles. The van der Waals surface area contributed by atoms with Crippen molar-refractivity contribution in [3.8, 4) is 0 Å². The van der Waals surface area contributed by atoms with Gasteiger partial charge in [-0.2, -0.15) is 5.10 Å². The average molecular weight is 261 g/mol. The Balaban J connectivity index is 1.72. The van der Waals surface area contributed by atoms with Crippen LogP contribution in [0.1, 0.15) is 56.5 Å². The molecule has 2 fully saturated rings. The second kappa shape index (κ2) is 5.28. The molecule has 3 heteroatoms. The van der Waals surface area contributed by atoms with Crippen molar-refractivity contribution in [3.05, 3.63) is 17.5 Å². The Bertz CT molecular complexity index is 437. The minimum Gasteiger partial charge on any atom is -0.309 e. The average Bonchev–Trinajstić information content (AvgIpc) is 3.04. The van der Waals surface area contributed by atoms with E-state index in [0.717, 1.165) is 30.0 Å². The summed E-state index contributed by atoms with van der Waals surface area (Å²) < 4.78 is 2.07. The van der Waals surface area contributed by atoms with Crippen molar-refractivity contribution in [2.24, 2.45) is 24.8 Å². The number of rotatable bonds is 5. The van der Waals surface area contributed by atoms with E-state index in [1.54, 1.807) is 0 Å². The van der Waals surface area contributed by atoms with Crippen LogP contribution < -0.4 is 5.32 Å². The van der Waals surface area contributed by atoms with Crippen molar-refractivity contribution in [1.29, 1.82) is 0 Å². The van der Waals surface area contributed by atoms with Gasteiger partial charge in [-0.15, -0.1) is 0 Å². The first-order valence-electron chi connectivity index (χ1n) is 7.91. The Morgan fingerprint density at radius 3 is 2.79 bits per heavy atom. The lowest BCUT2D eigenvalue weighted by Gasteiger charge is -2.27. The summed E-state index contributed by atoms with van der Waals surface area (Å²) in [6.07, 6.45) is 7.27. The molecule has 2 bridgehead atoms. The molecule has 2 aliphatic carbocycles. The summed E-state index contributed by atoms with van der Waals surface area (Å²) in [4.78, 5) is 0. The van der Waals surface area contributed by atoms with Gasteiger partial charge < -0.3 is 5.32 Å². The molecular weight excluding hydrogens is 234 g/mol. The van der Waals surface area contributed by atoms with E-state index in [0.29, 0.717) is 6.04 Å². The first-order valence-corrected chi connectivity index (χ1v) is 7.91. The highest BCUT2D eigenvalue weighted by Gasteiger charge is 2.40. The van der Waals surface area contributed by atoms with Gasteiger partial charge in [0, 0.05) is 13.1 Å². The fourth-order valence-electron chi connectivity index (χ4n) is 4.48. The highest BCUT2D eigenvalue weighted by molar-refractivity contribution is 5.13. The van der Waals surface area contributed by atoms with Gasteiger partial charge in [-0.3, -0.25) is 4.68 Å². The molecule has 3 rings (SSSR count). The van der Waals surface area contributed by atoms with Crippen molar-refractivity contribution in [1.82, 2.24) is 15.1 Å². The molecule has 0 saturated heterocycles. The van der Waals surface area contributed by atoms with Crippen molar-refractivity contribution >= 4 is 0 Å². The molecule has 0 aliphatic heterocycles. The highest BCUT2D eigenvalue weighted by atomic mass is 15.3. The second-order valence-electron chi connectivity index (χ2n) is 6.62. The van der Waals surface area contributed by atoms with Gasteiger partial charge in [0.2, 0.25) is 0 Å². The molecular formula is C16H27N3. The van der Waals surface area contributed by atoms with Crippen LogP contribution in [0.15, 0.2) is 6.07 Å². The number of nitrogens with zero attached hydrogens (tertiary/aromatic N) is 2. The number of aromatic nitrogens is 2. The zero-order valence-corrected chi connectivity index (χ0v) is 12.5. The van der Waals surface area contributed by atoms with Crippen molar-refractivity contribution in [2.75, 3.05) is 6.54 Å². The van der Waals surface area contributed by atoms with E-state index in [1.165, 1.54) is 37.8 Å². The van der Waals surface area contributed by atoms with E-state index in [9.17, 15) is 0 Å². The molecule has 19 heavy (non-hydrogen) atoms. The Hall–Kier alpha value is -0.830. The third kappa shape index (κ3) is 2.58. The minimum atomic E-state index is 0.487.